The lowest BCUT2D eigenvalue weighted by Crippen LogP contribution is -2.53. The van der Waals surface area contributed by atoms with E-state index in [4.69, 9.17) is 9.47 Å². The Kier molecular flexibility index (Phi) is 5.86. The molecule has 0 saturated heterocycles. The molecule has 3 aromatic rings. The van der Waals surface area contributed by atoms with Crippen molar-refractivity contribution in [1.29, 1.82) is 0 Å². The minimum Gasteiger partial charge on any atom is -0.454 e. The molecule has 33 heavy (non-hydrogen) atoms. The molecular weight excluding hydrogens is 505 g/mol. The van der Waals surface area contributed by atoms with Gasteiger partial charge in [-0.3, -0.25) is 4.79 Å². The molecule has 176 valence electrons. The van der Waals surface area contributed by atoms with Gasteiger partial charge in [-0.05, 0) is 42.2 Å². The Morgan fingerprint density at radius 3 is 2.64 bits per heavy atom. The summed E-state index contributed by atoms with van der Waals surface area (Å²) in [7, 11) is 0. The molecule has 0 spiro atoms. The maximum absolute atomic E-state index is 14.1. The number of rotatable bonds is 6. The van der Waals surface area contributed by atoms with E-state index < -0.39 is 30.2 Å². The van der Waals surface area contributed by atoms with Gasteiger partial charge < -0.3 is 24.9 Å². The summed E-state index contributed by atoms with van der Waals surface area (Å²) in [5, 5.41) is 13.8. The van der Waals surface area contributed by atoms with Crippen LogP contribution in [-0.2, 0) is 5.41 Å². The average molecular weight is 527 g/mol. The van der Waals surface area contributed by atoms with Gasteiger partial charge >= 0.3 is 6.18 Å². The van der Waals surface area contributed by atoms with Crippen LogP contribution in [0.5, 0.6) is 11.5 Å². The van der Waals surface area contributed by atoms with Crippen molar-refractivity contribution in [3.05, 3.63) is 62.9 Å². The van der Waals surface area contributed by atoms with Gasteiger partial charge in [-0.1, -0.05) is 29.8 Å². The second-order valence-corrected chi connectivity index (χ2v) is 9.65. The van der Waals surface area contributed by atoms with E-state index in [0.29, 0.717) is 38.1 Å². The van der Waals surface area contributed by atoms with Gasteiger partial charge in [0.15, 0.2) is 22.5 Å². The van der Waals surface area contributed by atoms with Crippen molar-refractivity contribution in [2.45, 2.75) is 37.5 Å². The zero-order valence-corrected chi connectivity index (χ0v) is 19.4. The standard InChI is InChI=1S/C23H22BrF3N2O4/c1-21(2,16-7-13(24)8-19-20(16)33-12-32-19)10-22(31,23(25,26)27)11-29-14-3-4-17-15(9-14)18(30)5-6-28-17/h3-9,29,31H,10-12H2,1-2H3,(H,28,30). The van der Waals surface area contributed by atoms with Crippen molar-refractivity contribution < 1.29 is 27.8 Å². The van der Waals surface area contributed by atoms with Gasteiger partial charge in [0.2, 0.25) is 6.79 Å². The third kappa shape index (κ3) is 4.54. The lowest BCUT2D eigenvalue weighted by molar-refractivity contribution is -0.260. The smallest absolute Gasteiger partial charge is 0.418 e. The largest absolute Gasteiger partial charge is 0.454 e. The first-order valence-corrected chi connectivity index (χ1v) is 10.9. The molecule has 2 aromatic carbocycles. The summed E-state index contributed by atoms with van der Waals surface area (Å²) in [6, 6.07) is 9.30. The van der Waals surface area contributed by atoms with E-state index in [1.54, 1.807) is 38.1 Å². The summed E-state index contributed by atoms with van der Waals surface area (Å²) >= 11 is 3.35. The number of nitrogens with one attached hydrogen (secondary N) is 2. The van der Waals surface area contributed by atoms with Crippen molar-refractivity contribution >= 4 is 32.5 Å². The number of fused-ring (bicyclic) bond motifs is 2. The fourth-order valence-corrected chi connectivity index (χ4v) is 4.53. The van der Waals surface area contributed by atoms with E-state index >= 15 is 0 Å². The highest BCUT2D eigenvalue weighted by molar-refractivity contribution is 9.10. The van der Waals surface area contributed by atoms with Gasteiger partial charge in [-0.25, -0.2) is 0 Å². The van der Waals surface area contributed by atoms with Gasteiger partial charge in [0.25, 0.3) is 0 Å². The van der Waals surface area contributed by atoms with Crippen molar-refractivity contribution in [1.82, 2.24) is 4.98 Å². The molecule has 1 aliphatic heterocycles. The number of benzene rings is 2. The topological polar surface area (TPSA) is 83.6 Å². The van der Waals surface area contributed by atoms with Crippen LogP contribution < -0.4 is 20.2 Å². The normalized spacial score (nSPS) is 15.5. The van der Waals surface area contributed by atoms with Crippen LogP contribution in [0, 0.1) is 0 Å². The average Bonchev–Trinajstić information content (AvgIpc) is 3.19. The number of aromatic nitrogens is 1. The monoisotopic (exact) mass is 526 g/mol. The van der Waals surface area contributed by atoms with Gasteiger partial charge in [-0.2, -0.15) is 13.2 Å². The summed E-state index contributed by atoms with van der Waals surface area (Å²) in [6.07, 6.45) is -4.06. The number of pyridine rings is 1. The zero-order chi connectivity index (χ0) is 24.0. The Morgan fingerprint density at radius 1 is 1.15 bits per heavy atom. The highest BCUT2D eigenvalue weighted by Crippen LogP contribution is 2.48. The summed E-state index contributed by atoms with van der Waals surface area (Å²) in [6.45, 7) is 2.40. The zero-order valence-electron chi connectivity index (χ0n) is 17.8. The SMILES string of the molecule is CC(C)(CC(O)(CNc1ccc2[nH]ccc(=O)c2c1)C(F)(F)F)c1cc(Br)cc2c1OCO2. The number of aromatic amines is 1. The molecule has 4 rings (SSSR count). The van der Waals surface area contributed by atoms with E-state index in [1.807, 2.05) is 0 Å². The Morgan fingerprint density at radius 2 is 1.91 bits per heavy atom. The molecule has 0 bridgehead atoms. The van der Waals surface area contributed by atoms with Crippen molar-refractivity contribution in [3.63, 3.8) is 0 Å². The van der Waals surface area contributed by atoms with Crippen LogP contribution in [0.3, 0.4) is 0 Å². The predicted molar refractivity (Wildman–Crippen MR) is 122 cm³/mol. The minimum absolute atomic E-state index is 0.0267. The number of hydrogen-bond donors (Lipinski definition) is 3. The van der Waals surface area contributed by atoms with Crippen molar-refractivity contribution in [2.24, 2.45) is 0 Å². The number of hydrogen-bond acceptors (Lipinski definition) is 5. The second-order valence-electron chi connectivity index (χ2n) is 8.73. The van der Waals surface area contributed by atoms with E-state index in [0.717, 1.165) is 0 Å². The molecule has 3 N–H and O–H groups in total. The van der Waals surface area contributed by atoms with Crippen molar-refractivity contribution in [3.8, 4) is 11.5 Å². The van der Waals surface area contributed by atoms with Crippen LogP contribution in [0.2, 0.25) is 0 Å². The number of H-pyrrole nitrogens is 1. The minimum atomic E-state index is -4.92. The number of anilines is 1. The molecule has 2 heterocycles. The van der Waals surface area contributed by atoms with Crippen molar-refractivity contribution in [2.75, 3.05) is 18.7 Å². The van der Waals surface area contributed by atoms with E-state index in [1.165, 1.54) is 18.3 Å². The predicted octanol–water partition coefficient (Wildman–Crippen LogP) is 5.09. The van der Waals surface area contributed by atoms with Gasteiger partial charge in [-0.15, -0.1) is 0 Å². The van der Waals surface area contributed by atoms with Gasteiger partial charge in [0.05, 0.1) is 6.54 Å². The Balaban J connectivity index is 1.63. The number of aliphatic hydroxyl groups is 1. The summed E-state index contributed by atoms with van der Waals surface area (Å²) in [5.41, 5.74) is -3.11. The molecule has 0 radical (unpaired) electrons. The quantitative estimate of drug-likeness (QED) is 0.416. The maximum atomic E-state index is 14.1. The molecule has 0 aliphatic carbocycles. The number of alkyl halides is 3. The van der Waals surface area contributed by atoms with E-state index in [9.17, 15) is 23.1 Å². The third-order valence-corrected chi connectivity index (χ3v) is 6.23. The molecule has 1 atom stereocenters. The van der Waals surface area contributed by atoms with Crippen LogP contribution in [-0.4, -0.2) is 35.2 Å². The van der Waals surface area contributed by atoms with Gasteiger partial charge in [0, 0.05) is 38.9 Å². The fraction of sp³-hybridized carbons (Fsp3) is 0.348. The van der Waals surface area contributed by atoms with Gasteiger partial charge in [0.1, 0.15) is 0 Å². The van der Waals surface area contributed by atoms with Crippen LogP contribution in [0.4, 0.5) is 18.9 Å². The molecule has 1 unspecified atom stereocenters. The number of halogens is 4. The molecule has 0 saturated carbocycles. The number of ether oxygens (including phenoxy) is 2. The summed E-state index contributed by atoms with van der Waals surface area (Å²) in [5.74, 6) is 0.803. The second kappa shape index (κ2) is 8.25. The lowest BCUT2D eigenvalue weighted by Gasteiger charge is -2.38. The first-order chi connectivity index (χ1) is 15.4. The highest BCUT2D eigenvalue weighted by Gasteiger charge is 2.56. The van der Waals surface area contributed by atoms with Crippen LogP contribution in [0.15, 0.2) is 51.9 Å². The Labute approximate surface area is 195 Å². The molecule has 0 amide bonds. The van der Waals surface area contributed by atoms with Crippen LogP contribution in [0.1, 0.15) is 25.8 Å². The molecule has 0 fully saturated rings. The molecule has 6 nitrogen and oxygen atoms in total. The molecule has 10 heteroatoms. The van der Waals surface area contributed by atoms with Crippen LogP contribution >= 0.6 is 15.9 Å². The van der Waals surface area contributed by atoms with Crippen LogP contribution in [0.25, 0.3) is 10.9 Å². The lowest BCUT2D eigenvalue weighted by atomic mass is 9.74. The fourth-order valence-electron chi connectivity index (χ4n) is 4.10. The molecule has 1 aliphatic rings. The molecule has 1 aromatic heterocycles. The Hall–Kier alpha value is -2.72. The first-order valence-electron chi connectivity index (χ1n) is 10.1. The van der Waals surface area contributed by atoms with E-state index in [-0.39, 0.29) is 12.2 Å². The molecular formula is C23H22BrF3N2O4. The maximum Gasteiger partial charge on any atom is 0.418 e. The Bertz CT molecular complexity index is 1260. The summed E-state index contributed by atoms with van der Waals surface area (Å²) < 4.78 is 53.9. The van der Waals surface area contributed by atoms with E-state index in [2.05, 4.69) is 26.2 Å². The summed E-state index contributed by atoms with van der Waals surface area (Å²) in [4.78, 5) is 15.0. The third-order valence-electron chi connectivity index (χ3n) is 5.77. The first kappa shape index (κ1) is 23.4. The highest BCUT2D eigenvalue weighted by atomic mass is 79.9.